The molecule has 5 heteroatoms. The van der Waals surface area contributed by atoms with Gasteiger partial charge in [-0.15, -0.1) is 11.3 Å². The van der Waals surface area contributed by atoms with Crippen LogP contribution in [0.15, 0.2) is 60.7 Å². The number of fused-ring (bicyclic) bond motifs is 7. The second-order valence-corrected chi connectivity index (χ2v) is 9.30. The van der Waals surface area contributed by atoms with E-state index < -0.39 is 0 Å². The van der Waals surface area contributed by atoms with Crippen LogP contribution < -0.4 is 0 Å². The number of hydrogen-bond acceptors (Lipinski definition) is 3. The number of nitrogens with zero attached hydrogens (tertiary/aromatic N) is 2. The summed E-state index contributed by atoms with van der Waals surface area (Å²) in [6, 6.07) is 22.2. The molecule has 0 bridgehead atoms. The minimum atomic E-state index is 0.948. The maximum absolute atomic E-state index is 4.67. The quantitative estimate of drug-likeness (QED) is 0.295. The number of nitrogens with one attached hydrogen (secondary N) is 2. The molecule has 4 aromatic carbocycles. The number of imidazole rings is 2. The molecule has 31 heavy (non-hydrogen) atoms. The molecule has 0 aliphatic rings. The van der Waals surface area contributed by atoms with E-state index in [4.69, 9.17) is 0 Å². The smallest absolute Gasteiger partial charge is 0.104 e. The van der Waals surface area contributed by atoms with Gasteiger partial charge in [-0.3, -0.25) is 0 Å². The van der Waals surface area contributed by atoms with Gasteiger partial charge in [0.25, 0.3) is 0 Å². The summed E-state index contributed by atoms with van der Waals surface area (Å²) in [7, 11) is 0. The Bertz CT molecular complexity index is 1820. The van der Waals surface area contributed by atoms with Crippen molar-refractivity contribution in [3.63, 3.8) is 0 Å². The van der Waals surface area contributed by atoms with Crippen LogP contribution in [0.4, 0.5) is 0 Å². The Morgan fingerprint density at radius 1 is 0.645 bits per heavy atom. The summed E-state index contributed by atoms with van der Waals surface area (Å²) < 4.78 is 2.58. The monoisotopic (exact) mass is 418 g/mol. The number of H-pyrrole nitrogens is 2. The van der Waals surface area contributed by atoms with Crippen molar-refractivity contribution in [3.8, 4) is 11.1 Å². The highest BCUT2D eigenvalue weighted by molar-refractivity contribution is 7.25. The molecule has 0 amide bonds. The van der Waals surface area contributed by atoms with Crippen LogP contribution in [0, 0.1) is 13.8 Å². The van der Waals surface area contributed by atoms with Gasteiger partial charge in [0.05, 0.1) is 22.1 Å². The standard InChI is InChI=1S/C26H18N4S/c1-13-28-22-11-20-19-7-4-16(10-24(19)31-25(20)12-23(22)29-13)15-3-6-18-17(9-15)5-8-21-26(18)30-14(2)27-21/h3-12H,1-2H3,(H,27,30)(H,28,29). The molecule has 7 rings (SSSR count). The lowest BCUT2D eigenvalue weighted by molar-refractivity contribution is 1.17. The van der Waals surface area contributed by atoms with Gasteiger partial charge in [0, 0.05) is 25.6 Å². The number of thiophene rings is 1. The molecule has 0 radical (unpaired) electrons. The van der Waals surface area contributed by atoms with Gasteiger partial charge in [0.1, 0.15) is 11.6 Å². The molecule has 0 saturated heterocycles. The van der Waals surface area contributed by atoms with E-state index in [0.29, 0.717) is 0 Å². The molecule has 2 N–H and O–H groups in total. The Kier molecular flexibility index (Phi) is 3.26. The second kappa shape index (κ2) is 5.93. The third kappa shape index (κ3) is 2.47. The van der Waals surface area contributed by atoms with E-state index in [9.17, 15) is 0 Å². The van der Waals surface area contributed by atoms with Crippen molar-refractivity contribution >= 4 is 64.3 Å². The summed E-state index contributed by atoms with van der Waals surface area (Å²) in [4.78, 5) is 16.0. The van der Waals surface area contributed by atoms with Gasteiger partial charge < -0.3 is 9.97 Å². The number of benzene rings is 4. The number of aromatic amines is 2. The number of aryl methyl sites for hydroxylation is 2. The predicted molar refractivity (Wildman–Crippen MR) is 131 cm³/mol. The van der Waals surface area contributed by atoms with E-state index in [2.05, 4.69) is 80.6 Å². The summed E-state index contributed by atoms with van der Waals surface area (Å²) in [6.45, 7) is 4.00. The molecule has 4 nitrogen and oxygen atoms in total. The molecule has 0 aliphatic carbocycles. The third-order valence-electron chi connectivity index (χ3n) is 6.11. The summed E-state index contributed by atoms with van der Waals surface area (Å²) >= 11 is 1.83. The molecule has 148 valence electrons. The maximum Gasteiger partial charge on any atom is 0.104 e. The van der Waals surface area contributed by atoms with Gasteiger partial charge >= 0.3 is 0 Å². The zero-order valence-corrected chi connectivity index (χ0v) is 17.9. The lowest BCUT2D eigenvalue weighted by atomic mass is 9.99. The SMILES string of the molecule is Cc1nc2cc3sc4cc(-c5ccc6c(ccc7[nH]c(C)nc76)c5)ccc4c3cc2[nH]1. The van der Waals surface area contributed by atoms with Crippen molar-refractivity contribution in [2.45, 2.75) is 13.8 Å². The minimum absolute atomic E-state index is 0.948. The Labute approximate surface area is 181 Å². The van der Waals surface area contributed by atoms with Gasteiger partial charge in [0.15, 0.2) is 0 Å². The Hall–Kier alpha value is -3.70. The average Bonchev–Trinajstić information content (AvgIpc) is 3.43. The predicted octanol–water partition coefficient (Wildman–Crippen LogP) is 7.24. The van der Waals surface area contributed by atoms with Gasteiger partial charge in [-0.2, -0.15) is 0 Å². The number of rotatable bonds is 1. The molecular weight excluding hydrogens is 400 g/mol. The number of hydrogen-bond donors (Lipinski definition) is 2. The highest BCUT2D eigenvalue weighted by Gasteiger charge is 2.11. The normalized spacial score (nSPS) is 12.2. The van der Waals surface area contributed by atoms with Gasteiger partial charge in [-0.25, -0.2) is 9.97 Å². The molecular formula is C26H18N4S. The third-order valence-corrected chi connectivity index (χ3v) is 7.23. The molecule has 0 aliphatic heterocycles. The largest absolute Gasteiger partial charge is 0.342 e. The minimum Gasteiger partial charge on any atom is -0.342 e. The topological polar surface area (TPSA) is 57.4 Å². The summed E-state index contributed by atoms with van der Waals surface area (Å²) in [5.74, 6) is 1.90. The van der Waals surface area contributed by atoms with Gasteiger partial charge in [-0.05, 0) is 60.7 Å². The van der Waals surface area contributed by atoms with E-state index in [-0.39, 0.29) is 0 Å². The van der Waals surface area contributed by atoms with Crippen LogP contribution in [-0.4, -0.2) is 19.9 Å². The van der Waals surface area contributed by atoms with Crippen LogP contribution in [0.3, 0.4) is 0 Å². The number of aromatic nitrogens is 4. The zero-order valence-electron chi connectivity index (χ0n) is 17.1. The Balaban J connectivity index is 1.40. The lowest BCUT2D eigenvalue weighted by Crippen LogP contribution is -1.81. The highest BCUT2D eigenvalue weighted by atomic mass is 32.1. The maximum atomic E-state index is 4.67. The van der Waals surface area contributed by atoms with Crippen molar-refractivity contribution in [3.05, 3.63) is 72.3 Å². The molecule has 0 fully saturated rings. The first-order chi connectivity index (χ1) is 15.1. The van der Waals surface area contributed by atoms with Crippen molar-refractivity contribution in [1.29, 1.82) is 0 Å². The van der Waals surface area contributed by atoms with Crippen LogP contribution in [0.1, 0.15) is 11.6 Å². The molecule has 0 saturated carbocycles. The van der Waals surface area contributed by atoms with E-state index in [1.165, 1.54) is 42.1 Å². The molecule has 0 unspecified atom stereocenters. The first-order valence-electron chi connectivity index (χ1n) is 10.3. The lowest BCUT2D eigenvalue weighted by Gasteiger charge is -2.05. The molecule has 0 spiro atoms. The van der Waals surface area contributed by atoms with Crippen molar-refractivity contribution < 1.29 is 0 Å². The fraction of sp³-hybridized carbons (Fsp3) is 0.0769. The highest BCUT2D eigenvalue weighted by Crippen LogP contribution is 2.38. The Morgan fingerprint density at radius 2 is 1.39 bits per heavy atom. The summed E-state index contributed by atoms with van der Waals surface area (Å²) in [6.07, 6.45) is 0. The van der Waals surface area contributed by atoms with Crippen LogP contribution in [0.2, 0.25) is 0 Å². The molecule has 0 atom stereocenters. The van der Waals surface area contributed by atoms with E-state index in [0.717, 1.165) is 33.7 Å². The van der Waals surface area contributed by atoms with Gasteiger partial charge in [-0.1, -0.05) is 30.3 Å². The first kappa shape index (κ1) is 17.0. The van der Waals surface area contributed by atoms with E-state index >= 15 is 0 Å². The molecule has 7 aromatic rings. The zero-order chi connectivity index (χ0) is 20.7. The Morgan fingerprint density at radius 3 is 2.29 bits per heavy atom. The molecule has 3 aromatic heterocycles. The van der Waals surface area contributed by atoms with Crippen molar-refractivity contribution in [1.82, 2.24) is 19.9 Å². The first-order valence-corrected chi connectivity index (χ1v) is 11.2. The summed E-state index contributed by atoms with van der Waals surface area (Å²) in [5, 5.41) is 4.99. The molecule has 3 heterocycles. The van der Waals surface area contributed by atoms with Crippen LogP contribution in [-0.2, 0) is 0 Å². The van der Waals surface area contributed by atoms with E-state index in [1.54, 1.807) is 0 Å². The van der Waals surface area contributed by atoms with E-state index in [1.807, 2.05) is 25.2 Å². The fourth-order valence-electron chi connectivity index (χ4n) is 4.69. The van der Waals surface area contributed by atoms with Crippen molar-refractivity contribution in [2.75, 3.05) is 0 Å². The van der Waals surface area contributed by atoms with Crippen LogP contribution in [0.25, 0.3) is 64.1 Å². The second-order valence-electron chi connectivity index (χ2n) is 8.22. The average molecular weight is 419 g/mol. The fourth-order valence-corrected chi connectivity index (χ4v) is 5.85. The van der Waals surface area contributed by atoms with Gasteiger partial charge in [0.2, 0.25) is 0 Å². The van der Waals surface area contributed by atoms with Crippen LogP contribution >= 0.6 is 11.3 Å². The van der Waals surface area contributed by atoms with Crippen LogP contribution in [0.5, 0.6) is 0 Å². The summed E-state index contributed by atoms with van der Waals surface area (Å²) in [5.41, 5.74) is 6.72. The van der Waals surface area contributed by atoms with Crippen molar-refractivity contribution in [2.24, 2.45) is 0 Å².